The Kier molecular flexibility index (Phi) is 5.05. The topological polar surface area (TPSA) is 52.4 Å². The van der Waals surface area contributed by atoms with E-state index in [4.69, 9.17) is 9.47 Å². The molecule has 1 saturated heterocycles. The van der Waals surface area contributed by atoms with Crippen molar-refractivity contribution in [1.29, 1.82) is 0 Å². The molecule has 1 aliphatic rings. The van der Waals surface area contributed by atoms with E-state index in [2.05, 4.69) is 29.1 Å². The van der Waals surface area contributed by atoms with Gasteiger partial charge >= 0.3 is 0 Å². The van der Waals surface area contributed by atoms with Crippen molar-refractivity contribution in [1.82, 2.24) is 19.9 Å². The van der Waals surface area contributed by atoms with E-state index < -0.39 is 0 Å². The summed E-state index contributed by atoms with van der Waals surface area (Å²) in [4.78, 5) is 2.37. The van der Waals surface area contributed by atoms with Crippen LogP contribution in [-0.4, -0.2) is 52.3 Å². The van der Waals surface area contributed by atoms with Gasteiger partial charge in [0.05, 0.1) is 36.4 Å². The van der Waals surface area contributed by atoms with Crippen molar-refractivity contribution in [3.8, 4) is 5.69 Å². The third kappa shape index (κ3) is 3.96. The van der Waals surface area contributed by atoms with E-state index in [-0.39, 0.29) is 12.2 Å². The quantitative estimate of drug-likeness (QED) is 0.845. The average Bonchev–Trinajstić information content (AvgIpc) is 2.95. The Bertz CT molecular complexity index is 633. The molecule has 6 heteroatoms. The molecule has 2 atom stereocenters. The van der Waals surface area contributed by atoms with Crippen LogP contribution in [0.3, 0.4) is 0 Å². The highest BCUT2D eigenvalue weighted by atomic mass is 16.5. The van der Waals surface area contributed by atoms with Crippen LogP contribution in [0.15, 0.2) is 30.5 Å². The minimum absolute atomic E-state index is 0.260. The van der Waals surface area contributed by atoms with Gasteiger partial charge in [0, 0.05) is 32.3 Å². The van der Waals surface area contributed by atoms with E-state index in [1.165, 1.54) is 0 Å². The monoisotopic (exact) mass is 316 g/mol. The highest BCUT2D eigenvalue weighted by Crippen LogP contribution is 2.16. The molecule has 6 nitrogen and oxygen atoms in total. The van der Waals surface area contributed by atoms with Crippen molar-refractivity contribution in [3.63, 3.8) is 0 Å². The maximum atomic E-state index is 5.77. The second-order valence-electron chi connectivity index (χ2n) is 6.17. The predicted octanol–water partition coefficient (Wildman–Crippen LogP) is 2.02. The lowest BCUT2D eigenvalue weighted by molar-refractivity contribution is -0.0707. The molecule has 23 heavy (non-hydrogen) atoms. The van der Waals surface area contributed by atoms with Crippen LogP contribution < -0.4 is 0 Å². The van der Waals surface area contributed by atoms with Crippen LogP contribution in [0.2, 0.25) is 0 Å². The molecule has 0 saturated carbocycles. The van der Waals surface area contributed by atoms with Crippen molar-refractivity contribution < 1.29 is 9.47 Å². The highest BCUT2D eigenvalue weighted by molar-refractivity contribution is 5.39. The largest absolute Gasteiger partial charge is 0.380 e. The first-order valence-electron chi connectivity index (χ1n) is 8.02. The molecular weight excluding hydrogens is 292 g/mol. The minimum Gasteiger partial charge on any atom is -0.380 e. The maximum Gasteiger partial charge on any atom is 0.0971 e. The second kappa shape index (κ2) is 7.21. The van der Waals surface area contributed by atoms with Crippen LogP contribution in [0.1, 0.15) is 25.1 Å². The summed E-state index contributed by atoms with van der Waals surface area (Å²) in [6.45, 7) is 7.43. The van der Waals surface area contributed by atoms with Crippen LogP contribution in [0.5, 0.6) is 0 Å². The molecule has 1 aromatic carbocycles. The van der Waals surface area contributed by atoms with E-state index in [9.17, 15) is 0 Å². The van der Waals surface area contributed by atoms with Crippen LogP contribution in [0.25, 0.3) is 5.69 Å². The summed E-state index contributed by atoms with van der Waals surface area (Å²) >= 11 is 0. The summed E-state index contributed by atoms with van der Waals surface area (Å²) in [5, 5.41) is 8.61. The van der Waals surface area contributed by atoms with Gasteiger partial charge in [0.2, 0.25) is 0 Å². The van der Waals surface area contributed by atoms with Crippen LogP contribution in [0, 0.1) is 0 Å². The van der Waals surface area contributed by atoms with E-state index in [1.807, 2.05) is 35.1 Å². The molecule has 1 aromatic heterocycles. The number of nitrogens with zero attached hydrogens (tertiary/aromatic N) is 4. The second-order valence-corrected chi connectivity index (χ2v) is 6.17. The number of para-hydroxylation sites is 1. The highest BCUT2D eigenvalue weighted by Gasteiger charge is 2.23. The normalized spacial score (nSPS) is 22.4. The Labute approximate surface area is 137 Å². The van der Waals surface area contributed by atoms with Crippen LogP contribution in [0.4, 0.5) is 0 Å². The van der Waals surface area contributed by atoms with E-state index in [0.29, 0.717) is 6.61 Å². The number of hydrogen-bond donors (Lipinski definition) is 0. The minimum atomic E-state index is 0.260. The number of rotatable bonds is 5. The average molecular weight is 316 g/mol. The molecule has 0 radical (unpaired) electrons. The molecule has 124 valence electrons. The molecule has 0 bridgehead atoms. The van der Waals surface area contributed by atoms with Crippen molar-refractivity contribution in [3.05, 3.63) is 41.7 Å². The van der Waals surface area contributed by atoms with Gasteiger partial charge in [-0.2, -0.15) is 0 Å². The van der Waals surface area contributed by atoms with E-state index in [0.717, 1.165) is 36.6 Å². The summed E-state index contributed by atoms with van der Waals surface area (Å²) in [7, 11) is 1.70. The molecule has 0 spiro atoms. The molecule has 0 aliphatic carbocycles. The maximum absolute atomic E-state index is 5.77. The molecule has 0 N–H and O–H groups in total. The van der Waals surface area contributed by atoms with Gasteiger partial charge in [0.1, 0.15) is 0 Å². The fourth-order valence-corrected chi connectivity index (χ4v) is 3.14. The summed E-state index contributed by atoms with van der Waals surface area (Å²) in [6, 6.07) is 8.09. The molecule has 1 fully saturated rings. The van der Waals surface area contributed by atoms with Crippen LogP contribution >= 0.6 is 0 Å². The van der Waals surface area contributed by atoms with Gasteiger partial charge in [-0.25, -0.2) is 4.68 Å². The fourth-order valence-electron chi connectivity index (χ4n) is 3.14. The summed E-state index contributed by atoms with van der Waals surface area (Å²) in [5.41, 5.74) is 3.08. The Balaban J connectivity index is 1.73. The molecule has 0 unspecified atom stereocenters. The number of benzene rings is 1. The molecule has 0 amide bonds. The third-order valence-electron chi connectivity index (χ3n) is 3.96. The molecule has 1 aliphatic heterocycles. The Morgan fingerprint density at radius 1 is 1.22 bits per heavy atom. The van der Waals surface area contributed by atoms with Crippen molar-refractivity contribution in [2.24, 2.45) is 0 Å². The Morgan fingerprint density at radius 2 is 1.96 bits per heavy atom. The first-order chi connectivity index (χ1) is 11.2. The lowest BCUT2D eigenvalue weighted by Crippen LogP contribution is -2.44. The van der Waals surface area contributed by atoms with Gasteiger partial charge in [-0.05, 0) is 19.9 Å². The number of aromatic nitrogens is 3. The summed E-state index contributed by atoms with van der Waals surface area (Å²) in [5.74, 6) is 0. The number of morpholine rings is 1. The predicted molar refractivity (Wildman–Crippen MR) is 87.4 cm³/mol. The van der Waals surface area contributed by atoms with Gasteiger partial charge in [0.15, 0.2) is 0 Å². The van der Waals surface area contributed by atoms with Crippen molar-refractivity contribution in [2.75, 3.05) is 20.2 Å². The lowest BCUT2D eigenvalue weighted by Gasteiger charge is -2.34. The standard InChI is InChI=1S/C17H24N4O2/c1-13-8-20(9-14(2)23-13)10-16-11-21(19-18-16)17-7-5-4-6-15(17)12-22-3/h4-7,11,13-14H,8-10,12H2,1-3H3/t13-,14+. The number of methoxy groups -OCH3 is 1. The van der Waals surface area contributed by atoms with E-state index >= 15 is 0 Å². The zero-order valence-electron chi connectivity index (χ0n) is 14.0. The Morgan fingerprint density at radius 3 is 2.70 bits per heavy atom. The van der Waals surface area contributed by atoms with Crippen molar-refractivity contribution in [2.45, 2.75) is 39.2 Å². The zero-order valence-corrected chi connectivity index (χ0v) is 14.0. The van der Waals surface area contributed by atoms with Gasteiger partial charge in [-0.1, -0.05) is 23.4 Å². The summed E-state index contributed by atoms with van der Waals surface area (Å²) in [6.07, 6.45) is 2.52. The number of hydrogen-bond acceptors (Lipinski definition) is 5. The van der Waals surface area contributed by atoms with Gasteiger partial charge < -0.3 is 9.47 Å². The smallest absolute Gasteiger partial charge is 0.0971 e. The van der Waals surface area contributed by atoms with Crippen molar-refractivity contribution >= 4 is 0 Å². The van der Waals surface area contributed by atoms with Gasteiger partial charge in [-0.15, -0.1) is 5.10 Å². The summed E-state index contributed by atoms with van der Waals surface area (Å²) < 4.78 is 12.9. The fraction of sp³-hybridized carbons (Fsp3) is 0.529. The number of ether oxygens (including phenoxy) is 2. The van der Waals surface area contributed by atoms with Crippen LogP contribution in [-0.2, 0) is 22.6 Å². The van der Waals surface area contributed by atoms with Gasteiger partial charge in [0.25, 0.3) is 0 Å². The molecule has 2 heterocycles. The van der Waals surface area contributed by atoms with Gasteiger partial charge in [-0.3, -0.25) is 4.90 Å². The zero-order chi connectivity index (χ0) is 16.2. The SMILES string of the molecule is COCc1ccccc1-n1cc(CN2C[C@@H](C)O[C@@H](C)C2)nn1. The third-order valence-corrected chi connectivity index (χ3v) is 3.96. The molecule has 2 aromatic rings. The first-order valence-corrected chi connectivity index (χ1v) is 8.02. The first kappa shape index (κ1) is 16.1. The molecule has 3 rings (SSSR count). The Hall–Kier alpha value is -1.76. The molecular formula is C17H24N4O2. The lowest BCUT2D eigenvalue weighted by atomic mass is 10.2. The van der Waals surface area contributed by atoms with E-state index in [1.54, 1.807) is 7.11 Å².